The topological polar surface area (TPSA) is 79.8 Å². The van der Waals surface area contributed by atoms with Gasteiger partial charge in [0.05, 0.1) is 12.1 Å². The summed E-state index contributed by atoms with van der Waals surface area (Å²) in [6.07, 6.45) is 4.75. The Balaban J connectivity index is 1.44. The number of amides is 1. The van der Waals surface area contributed by atoms with E-state index in [4.69, 9.17) is 0 Å². The summed E-state index contributed by atoms with van der Waals surface area (Å²) in [4.78, 5) is 28.0. The third kappa shape index (κ3) is 4.63. The van der Waals surface area contributed by atoms with Gasteiger partial charge in [0.25, 0.3) is 5.56 Å². The predicted octanol–water partition coefficient (Wildman–Crippen LogP) is 2.75. The van der Waals surface area contributed by atoms with Gasteiger partial charge in [-0.05, 0) is 42.4 Å². The van der Waals surface area contributed by atoms with Gasteiger partial charge in [-0.25, -0.2) is 4.52 Å². The first-order valence-corrected chi connectivity index (χ1v) is 11.2. The van der Waals surface area contributed by atoms with Crippen molar-refractivity contribution in [3.05, 3.63) is 70.9 Å². The van der Waals surface area contributed by atoms with E-state index in [1.165, 1.54) is 15.4 Å². The molecule has 7 heteroatoms. The van der Waals surface area contributed by atoms with Crippen LogP contribution in [-0.2, 0) is 17.8 Å². The molecule has 7 nitrogen and oxygen atoms in total. The lowest BCUT2D eigenvalue weighted by Crippen LogP contribution is -2.52. The normalized spacial score (nSPS) is 17.4. The van der Waals surface area contributed by atoms with E-state index in [2.05, 4.69) is 38.0 Å². The SMILES string of the molecule is CC(C)(C)C(Cc1ccccc1)C(=O)N1CCC(O)(Cn2cnn3cccc3c2=O)CC1. The van der Waals surface area contributed by atoms with Crippen LogP contribution < -0.4 is 5.56 Å². The number of carbonyl (C=O) groups is 1. The number of fused-ring (bicyclic) bond motifs is 1. The molecule has 3 aromatic rings. The molecule has 170 valence electrons. The van der Waals surface area contributed by atoms with Gasteiger partial charge < -0.3 is 10.0 Å². The van der Waals surface area contributed by atoms with Crippen LogP contribution in [0.2, 0.25) is 0 Å². The van der Waals surface area contributed by atoms with Crippen LogP contribution in [0.15, 0.2) is 59.8 Å². The van der Waals surface area contributed by atoms with Crippen molar-refractivity contribution in [2.75, 3.05) is 13.1 Å². The molecule has 0 bridgehead atoms. The van der Waals surface area contributed by atoms with Crippen LogP contribution in [0.4, 0.5) is 0 Å². The van der Waals surface area contributed by atoms with Crippen LogP contribution in [0.3, 0.4) is 0 Å². The van der Waals surface area contributed by atoms with E-state index in [1.807, 2.05) is 23.1 Å². The number of hydrogen-bond donors (Lipinski definition) is 1. The lowest BCUT2D eigenvalue weighted by molar-refractivity contribution is -0.143. The third-order valence-electron chi connectivity index (χ3n) is 6.62. The monoisotopic (exact) mass is 436 g/mol. The van der Waals surface area contributed by atoms with Crippen molar-refractivity contribution in [3.8, 4) is 0 Å². The third-order valence-corrected chi connectivity index (χ3v) is 6.62. The number of likely N-dealkylation sites (tertiary alicyclic amines) is 1. The number of piperidine rings is 1. The maximum absolute atomic E-state index is 13.5. The number of aliphatic hydroxyl groups is 1. The van der Waals surface area contributed by atoms with Crippen molar-refractivity contribution in [2.24, 2.45) is 11.3 Å². The predicted molar refractivity (Wildman–Crippen MR) is 123 cm³/mol. The van der Waals surface area contributed by atoms with E-state index >= 15 is 0 Å². The van der Waals surface area contributed by atoms with Crippen LogP contribution >= 0.6 is 0 Å². The van der Waals surface area contributed by atoms with Gasteiger partial charge in [0, 0.05) is 25.2 Å². The second-order valence-electron chi connectivity index (χ2n) is 10.1. The van der Waals surface area contributed by atoms with Crippen molar-refractivity contribution in [1.29, 1.82) is 0 Å². The minimum Gasteiger partial charge on any atom is -0.388 e. The van der Waals surface area contributed by atoms with E-state index < -0.39 is 5.60 Å². The highest BCUT2D eigenvalue weighted by Gasteiger charge is 2.39. The summed E-state index contributed by atoms with van der Waals surface area (Å²) in [6.45, 7) is 7.45. The van der Waals surface area contributed by atoms with Crippen LogP contribution in [-0.4, -0.2) is 48.8 Å². The van der Waals surface area contributed by atoms with Crippen LogP contribution in [0, 0.1) is 11.3 Å². The van der Waals surface area contributed by atoms with E-state index in [1.54, 1.807) is 18.3 Å². The van der Waals surface area contributed by atoms with Crippen molar-refractivity contribution in [3.63, 3.8) is 0 Å². The Bertz CT molecular complexity index is 1140. The summed E-state index contributed by atoms with van der Waals surface area (Å²) in [5, 5.41) is 15.4. The zero-order chi connectivity index (χ0) is 22.9. The Morgan fingerprint density at radius 2 is 1.81 bits per heavy atom. The number of carbonyl (C=O) groups excluding carboxylic acids is 1. The fraction of sp³-hybridized carbons (Fsp3) is 0.480. The molecule has 0 aliphatic carbocycles. The van der Waals surface area contributed by atoms with Crippen molar-refractivity contribution >= 4 is 11.4 Å². The van der Waals surface area contributed by atoms with E-state index in [-0.39, 0.29) is 29.3 Å². The molecule has 4 rings (SSSR count). The lowest BCUT2D eigenvalue weighted by atomic mass is 9.76. The molecular formula is C25H32N4O3. The summed E-state index contributed by atoms with van der Waals surface area (Å²) in [5.41, 5.74) is 0.253. The summed E-state index contributed by atoms with van der Waals surface area (Å²) < 4.78 is 3.00. The molecule has 1 aromatic carbocycles. The fourth-order valence-electron chi connectivity index (χ4n) is 4.53. The number of aromatic nitrogens is 3. The van der Waals surface area contributed by atoms with Gasteiger partial charge in [-0.1, -0.05) is 51.1 Å². The molecular weight excluding hydrogens is 404 g/mol. The summed E-state index contributed by atoms with van der Waals surface area (Å²) >= 11 is 0. The van der Waals surface area contributed by atoms with E-state index in [9.17, 15) is 14.7 Å². The summed E-state index contributed by atoms with van der Waals surface area (Å²) in [7, 11) is 0. The average molecular weight is 437 g/mol. The quantitative estimate of drug-likeness (QED) is 0.667. The van der Waals surface area contributed by atoms with Gasteiger partial charge in [-0.3, -0.25) is 14.2 Å². The molecule has 2 aromatic heterocycles. The molecule has 3 heterocycles. The van der Waals surface area contributed by atoms with Crippen LogP contribution in [0.5, 0.6) is 0 Å². The second-order valence-corrected chi connectivity index (χ2v) is 10.1. The zero-order valence-electron chi connectivity index (χ0n) is 19.1. The first-order chi connectivity index (χ1) is 15.2. The highest BCUT2D eigenvalue weighted by Crippen LogP contribution is 2.33. The van der Waals surface area contributed by atoms with Crippen molar-refractivity contribution in [2.45, 2.75) is 52.2 Å². The molecule has 1 unspecified atom stereocenters. The summed E-state index contributed by atoms with van der Waals surface area (Å²) in [6, 6.07) is 13.6. The number of benzene rings is 1. The molecule has 1 aliphatic rings. The molecule has 1 aliphatic heterocycles. The van der Waals surface area contributed by atoms with E-state index in [0.717, 1.165) is 5.56 Å². The average Bonchev–Trinajstić information content (AvgIpc) is 3.24. The van der Waals surface area contributed by atoms with Crippen molar-refractivity contribution in [1.82, 2.24) is 19.1 Å². The molecule has 32 heavy (non-hydrogen) atoms. The Morgan fingerprint density at radius 1 is 1.12 bits per heavy atom. The van der Waals surface area contributed by atoms with Gasteiger partial charge in [0.15, 0.2) is 0 Å². The van der Waals surface area contributed by atoms with Gasteiger partial charge >= 0.3 is 0 Å². The van der Waals surface area contributed by atoms with Gasteiger partial charge in [0.1, 0.15) is 11.8 Å². The van der Waals surface area contributed by atoms with Gasteiger partial charge in [0.2, 0.25) is 5.91 Å². The smallest absolute Gasteiger partial charge is 0.277 e. The minimum atomic E-state index is -1.04. The Labute approximate surface area is 188 Å². The molecule has 1 fully saturated rings. The lowest BCUT2D eigenvalue weighted by Gasteiger charge is -2.41. The highest BCUT2D eigenvalue weighted by molar-refractivity contribution is 5.80. The molecule has 1 saturated heterocycles. The fourth-order valence-corrected chi connectivity index (χ4v) is 4.53. The number of hydrogen-bond acceptors (Lipinski definition) is 4. The number of rotatable bonds is 5. The summed E-state index contributed by atoms with van der Waals surface area (Å²) in [5.74, 6) is -0.00322. The molecule has 0 radical (unpaired) electrons. The Morgan fingerprint density at radius 3 is 2.47 bits per heavy atom. The maximum Gasteiger partial charge on any atom is 0.277 e. The number of nitrogens with zero attached hydrogens (tertiary/aromatic N) is 4. The molecule has 1 atom stereocenters. The van der Waals surface area contributed by atoms with Gasteiger partial charge in [-0.2, -0.15) is 5.10 Å². The standard InChI is InChI=1S/C25H32N4O3/c1-24(2,3)20(16-19-8-5-4-6-9-19)22(30)27-14-11-25(32,12-15-27)17-28-18-26-29-13-7-10-21(29)23(28)31/h4-10,13,18,20,32H,11-12,14-17H2,1-3H3. The van der Waals surface area contributed by atoms with Gasteiger partial charge in [-0.15, -0.1) is 0 Å². The Hall–Kier alpha value is -2.93. The van der Waals surface area contributed by atoms with Crippen LogP contribution in [0.25, 0.3) is 5.52 Å². The second kappa shape index (κ2) is 8.54. The van der Waals surface area contributed by atoms with Crippen LogP contribution in [0.1, 0.15) is 39.2 Å². The van der Waals surface area contributed by atoms with Crippen molar-refractivity contribution < 1.29 is 9.90 Å². The zero-order valence-corrected chi connectivity index (χ0v) is 19.1. The molecule has 1 amide bonds. The largest absolute Gasteiger partial charge is 0.388 e. The molecule has 0 spiro atoms. The Kier molecular flexibility index (Phi) is 5.95. The minimum absolute atomic E-state index is 0.136. The molecule has 0 saturated carbocycles. The molecule has 1 N–H and O–H groups in total. The van der Waals surface area contributed by atoms with E-state index in [0.29, 0.717) is 37.9 Å². The first kappa shape index (κ1) is 22.3. The highest BCUT2D eigenvalue weighted by atomic mass is 16.3. The first-order valence-electron chi connectivity index (χ1n) is 11.2. The maximum atomic E-state index is 13.5.